The van der Waals surface area contributed by atoms with Crippen molar-refractivity contribution in [2.24, 2.45) is 0 Å². The van der Waals surface area contributed by atoms with Crippen molar-refractivity contribution in [2.75, 3.05) is 11.4 Å². The predicted octanol–water partition coefficient (Wildman–Crippen LogP) is 1.81. The van der Waals surface area contributed by atoms with Gasteiger partial charge in [-0.15, -0.1) is 0 Å². The number of hydrogen-bond acceptors (Lipinski definition) is 5. The lowest BCUT2D eigenvalue weighted by Crippen LogP contribution is -2.29. The average Bonchev–Trinajstić information content (AvgIpc) is 2.75. The molecule has 0 saturated carbocycles. The van der Waals surface area contributed by atoms with E-state index in [1.165, 1.54) is 25.4 Å². The Balaban J connectivity index is 2.14. The maximum atomic E-state index is 12.8. The normalized spacial score (nSPS) is 18.5. The summed E-state index contributed by atoms with van der Waals surface area (Å²) in [5.41, 5.74) is 0.777. The molecule has 1 aliphatic heterocycles. The molecule has 1 N–H and O–H groups in total. The van der Waals surface area contributed by atoms with E-state index in [-0.39, 0.29) is 11.3 Å². The summed E-state index contributed by atoms with van der Waals surface area (Å²) in [7, 11) is -2.37. The second-order valence-corrected chi connectivity index (χ2v) is 6.79. The molecule has 1 aromatic heterocycles. The summed E-state index contributed by atoms with van der Waals surface area (Å²) in [6, 6.07) is 8.70. The molecule has 0 aliphatic carbocycles. The average molecular weight is 334 g/mol. The van der Waals surface area contributed by atoms with Gasteiger partial charge < -0.3 is 9.84 Å². The van der Waals surface area contributed by atoms with Crippen LogP contribution in [0.5, 0.6) is 5.88 Å². The highest BCUT2D eigenvalue weighted by Crippen LogP contribution is 2.44. The molecule has 3 rings (SSSR count). The Bertz CT molecular complexity index is 848. The smallest absolute Gasteiger partial charge is 0.305 e. The number of nitrogens with zero attached hydrogens (tertiary/aromatic N) is 2. The van der Waals surface area contributed by atoms with Gasteiger partial charge in [0.05, 0.1) is 36.4 Å². The summed E-state index contributed by atoms with van der Waals surface area (Å²) in [6.45, 7) is 0. The molecule has 23 heavy (non-hydrogen) atoms. The molecule has 2 aromatic rings. The van der Waals surface area contributed by atoms with Crippen molar-refractivity contribution >= 4 is 21.7 Å². The number of methoxy groups -OCH3 is 1. The van der Waals surface area contributed by atoms with Crippen LogP contribution in [-0.2, 0) is 14.8 Å². The van der Waals surface area contributed by atoms with Crippen LogP contribution in [0.2, 0.25) is 0 Å². The van der Waals surface area contributed by atoms with E-state index in [2.05, 4.69) is 4.98 Å². The van der Waals surface area contributed by atoms with Crippen LogP contribution in [0.15, 0.2) is 47.5 Å². The molecule has 8 heteroatoms. The summed E-state index contributed by atoms with van der Waals surface area (Å²) in [4.78, 5) is 15.3. The number of hydrogen-bond donors (Lipinski definition) is 1. The van der Waals surface area contributed by atoms with E-state index >= 15 is 0 Å². The van der Waals surface area contributed by atoms with E-state index in [1.807, 2.05) is 0 Å². The Kier molecular flexibility index (Phi) is 3.69. The Morgan fingerprint density at radius 2 is 2.04 bits per heavy atom. The van der Waals surface area contributed by atoms with Gasteiger partial charge in [-0.2, -0.15) is 0 Å². The largest absolute Gasteiger partial charge is 0.481 e. The number of pyridine rings is 1. The highest BCUT2D eigenvalue weighted by Gasteiger charge is 2.43. The third-order valence-corrected chi connectivity index (χ3v) is 5.56. The summed E-state index contributed by atoms with van der Waals surface area (Å²) < 4.78 is 31.7. The van der Waals surface area contributed by atoms with Crippen molar-refractivity contribution in [3.63, 3.8) is 0 Å². The maximum absolute atomic E-state index is 12.8. The number of carboxylic acid groups (broad SMARTS) is 1. The van der Waals surface area contributed by atoms with Crippen LogP contribution in [0.3, 0.4) is 0 Å². The van der Waals surface area contributed by atoms with Gasteiger partial charge in [0.1, 0.15) is 0 Å². The molecule has 1 aromatic carbocycles. The summed E-state index contributed by atoms with van der Waals surface area (Å²) >= 11 is 0. The number of sulfonamides is 1. The minimum atomic E-state index is -3.82. The van der Waals surface area contributed by atoms with Gasteiger partial charge in [0, 0.05) is 6.07 Å². The second kappa shape index (κ2) is 5.54. The van der Waals surface area contributed by atoms with Crippen molar-refractivity contribution < 1.29 is 23.1 Å². The highest BCUT2D eigenvalue weighted by atomic mass is 32.2. The van der Waals surface area contributed by atoms with Crippen LogP contribution >= 0.6 is 0 Å². The lowest BCUT2D eigenvalue weighted by Gasteiger charge is -2.24. The number of rotatable bonds is 4. The van der Waals surface area contributed by atoms with Crippen molar-refractivity contribution in [3.05, 3.63) is 48.2 Å². The molecule has 0 radical (unpaired) electrons. The van der Waals surface area contributed by atoms with Crippen LogP contribution in [0.4, 0.5) is 5.69 Å². The topological polar surface area (TPSA) is 96.8 Å². The van der Waals surface area contributed by atoms with Crippen LogP contribution in [-0.4, -0.2) is 31.6 Å². The van der Waals surface area contributed by atoms with Crippen molar-refractivity contribution in [2.45, 2.75) is 17.4 Å². The zero-order valence-electron chi connectivity index (χ0n) is 12.2. The van der Waals surface area contributed by atoms with E-state index in [4.69, 9.17) is 9.84 Å². The first-order valence-corrected chi connectivity index (χ1v) is 8.24. The Morgan fingerprint density at radius 1 is 1.30 bits per heavy atom. The highest BCUT2D eigenvalue weighted by molar-refractivity contribution is 7.93. The Morgan fingerprint density at radius 3 is 2.65 bits per heavy atom. The molecule has 1 aliphatic rings. The minimum absolute atomic E-state index is 0.127. The fourth-order valence-electron chi connectivity index (χ4n) is 2.69. The molecular formula is C15H14N2O5S. The molecule has 0 bridgehead atoms. The molecule has 0 amide bonds. The zero-order chi connectivity index (χ0) is 16.6. The maximum Gasteiger partial charge on any atom is 0.305 e. The number of fused-ring (bicyclic) bond motifs is 1. The zero-order valence-corrected chi connectivity index (χ0v) is 13.0. The molecule has 1 unspecified atom stereocenters. The lowest BCUT2D eigenvalue weighted by atomic mass is 10.0. The van der Waals surface area contributed by atoms with Gasteiger partial charge in [0.15, 0.2) is 0 Å². The van der Waals surface area contributed by atoms with Gasteiger partial charge in [-0.1, -0.05) is 18.2 Å². The fraction of sp³-hybridized carbons (Fsp3) is 0.200. The van der Waals surface area contributed by atoms with Gasteiger partial charge >= 0.3 is 5.97 Å². The minimum Gasteiger partial charge on any atom is -0.481 e. The SMILES string of the molecule is COc1ccc(N2C(CC(=O)O)c3ccccc3S2(=O)=O)cn1. The number of carboxylic acids is 1. The number of carbonyl (C=O) groups is 1. The summed E-state index contributed by atoms with van der Waals surface area (Å²) in [6.07, 6.45) is 1.03. The number of anilines is 1. The molecule has 120 valence electrons. The number of ether oxygens (including phenoxy) is 1. The molecule has 0 saturated heterocycles. The molecule has 7 nitrogen and oxygen atoms in total. The fourth-order valence-corrected chi connectivity index (χ4v) is 4.56. The first-order chi connectivity index (χ1) is 10.9. The summed E-state index contributed by atoms with van der Waals surface area (Å²) in [5, 5.41) is 9.16. The Hall–Kier alpha value is -2.61. The van der Waals surface area contributed by atoms with Crippen molar-refractivity contribution in [1.29, 1.82) is 0 Å². The van der Waals surface area contributed by atoms with Gasteiger partial charge in [-0.3, -0.25) is 9.10 Å². The standard InChI is InChI=1S/C15H14N2O5S/c1-22-14-7-6-10(9-16-14)17-12(8-15(18)19)11-4-2-3-5-13(11)23(17,20)21/h2-7,9,12H,8H2,1H3,(H,18,19). The van der Waals surface area contributed by atoms with Crippen LogP contribution in [0.1, 0.15) is 18.0 Å². The molecule has 0 spiro atoms. The van der Waals surface area contributed by atoms with Gasteiger partial charge in [-0.05, 0) is 17.7 Å². The second-order valence-electron chi connectivity index (χ2n) is 5.01. The first kappa shape index (κ1) is 15.3. The van der Waals surface area contributed by atoms with E-state index in [0.717, 1.165) is 4.31 Å². The van der Waals surface area contributed by atoms with Crippen molar-refractivity contribution in [3.8, 4) is 5.88 Å². The molecule has 0 fully saturated rings. The predicted molar refractivity (Wildman–Crippen MR) is 81.9 cm³/mol. The summed E-state index contributed by atoms with van der Waals surface area (Å²) in [5.74, 6) is -0.731. The van der Waals surface area contributed by atoms with E-state index < -0.39 is 22.0 Å². The van der Waals surface area contributed by atoms with Gasteiger partial charge in [0.2, 0.25) is 5.88 Å². The van der Waals surface area contributed by atoms with Gasteiger partial charge in [-0.25, -0.2) is 13.4 Å². The third-order valence-electron chi connectivity index (χ3n) is 3.65. The molecule has 2 heterocycles. The van der Waals surface area contributed by atoms with Crippen LogP contribution in [0, 0.1) is 0 Å². The number of aliphatic carboxylic acids is 1. The van der Waals surface area contributed by atoms with E-state index in [1.54, 1.807) is 24.3 Å². The van der Waals surface area contributed by atoms with E-state index in [9.17, 15) is 13.2 Å². The molecule has 1 atom stereocenters. The van der Waals surface area contributed by atoms with Gasteiger partial charge in [0.25, 0.3) is 10.0 Å². The Labute approximate surface area is 133 Å². The lowest BCUT2D eigenvalue weighted by molar-refractivity contribution is -0.137. The van der Waals surface area contributed by atoms with Crippen LogP contribution in [0.25, 0.3) is 0 Å². The van der Waals surface area contributed by atoms with Crippen molar-refractivity contribution in [1.82, 2.24) is 4.98 Å². The quantitative estimate of drug-likeness (QED) is 0.916. The monoisotopic (exact) mass is 334 g/mol. The van der Waals surface area contributed by atoms with E-state index in [0.29, 0.717) is 17.1 Å². The molecular weight excluding hydrogens is 320 g/mol. The first-order valence-electron chi connectivity index (χ1n) is 6.80. The number of aromatic nitrogens is 1. The number of benzene rings is 1. The third kappa shape index (κ3) is 2.50. The van der Waals surface area contributed by atoms with Crippen LogP contribution < -0.4 is 9.04 Å².